The number of ether oxygens (including phenoxy) is 1. The fourth-order valence-corrected chi connectivity index (χ4v) is 4.58. The third kappa shape index (κ3) is 3.07. The monoisotopic (exact) mass is 364 g/mol. The van der Waals surface area contributed by atoms with Crippen LogP contribution in [0.25, 0.3) is 11.6 Å². The molecular weight excluding hydrogens is 340 g/mol. The summed E-state index contributed by atoms with van der Waals surface area (Å²) in [5.74, 6) is 2.18. The lowest BCUT2D eigenvalue weighted by Crippen LogP contribution is -2.24. The van der Waals surface area contributed by atoms with Gasteiger partial charge in [0.05, 0.1) is 6.61 Å². The summed E-state index contributed by atoms with van der Waals surface area (Å²) in [6.07, 6.45) is 7.15. The molecule has 0 N–H and O–H groups in total. The summed E-state index contributed by atoms with van der Waals surface area (Å²) in [6.45, 7) is 2.90. The van der Waals surface area contributed by atoms with E-state index in [0.717, 1.165) is 12.4 Å². The maximum absolute atomic E-state index is 6.18. The molecule has 1 nitrogen and oxygen atoms in total. The third-order valence-corrected chi connectivity index (χ3v) is 6.00. The summed E-state index contributed by atoms with van der Waals surface area (Å²) in [4.78, 5) is 0. The molecule has 0 unspecified atom stereocenters. The second kappa shape index (κ2) is 7.16. The smallest absolute Gasteiger partial charge is 0.126 e. The van der Waals surface area contributed by atoms with E-state index in [9.17, 15) is 0 Å². The van der Waals surface area contributed by atoms with E-state index < -0.39 is 0 Å². The summed E-state index contributed by atoms with van der Waals surface area (Å²) in [5.41, 5.74) is 6.62. The maximum atomic E-state index is 6.18. The van der Waals surface area contributed by atoms with Crippen LogP contribution in [-0.4, -0.2) is 6.61 Å². The molecule has 0 fully saturated rings. The number of hydrogen-bond donors (Lipinski definition) is 0. The highest BCUT2D eigenvalue weighted by Gasteiger charge is 2.40. The Kier molecular flexibility index (Phi) is 4.37. The quantitative estimate of drug-likeness (QED) is 0.514. The molecule has 3 aromatic carbocycles. The van der Waals surface area contributed by atoms with Crippen LogP contribution in [0, 0.1) is 18.8 Å². The Morgan fingerprint density at radius 3 is 2.43 bits per heavy atom. The Hall–Kier alpha value is -3.06. The number of aryl methyl sites for hydroxylation is 1. The van der Waals surface area contributed by atoms with Gasteiger partial charge in [0, 0.05) is 17.4 Å². The van der Waals surface area contributed by atoms with Gasteiger partial charge < -0.3 is 4.74 Å². The van der Waals surface area contributed by atoms with E-state index >= 15 is 0 Å². The molecular formula is C27H24O. The SMILES string of the molecule is Cc1ccc2c(c1)C1=C[C@H](c3ccccc3)[C@@H](/C=C/c3ccccc3)[C@@H]1CO2. The lowest BCUT2D eigenvalue weighted by Gasteiger charge is -2.30. The van der Waals surface area contributed by atoms with Crippen LogP contribution in [-0.2, 0) is 0 Å². The van der Waals surface area contributed by atoms with Gasteiger partial charge in [-0.1, -0.05) is 90.5 Å². The van der Waals surface area contributed by atoms with E-state index in [1.54, 1.807) is 0 Å². The molecule has 28 heavy (non-hydrogen) atoms. The molecule has 2 aliphatic rings. The lowest BCUT2D eigenvalue weighted by atomic mass is 9.80. The minimum absolute atomic E-state index is 0.372. The molecule has 0 saturated carbocycles. The molecule has 1 aliphatic carbocycles. The molecule has 138 valence electrons. The van der Waals surface area contributed by atoms with Crippen molar-refractivity contribution in [3.05, 3.63) is 113 Å². The molecule has 1 aliphatic heterocycles. The second-order valence-electron chi connectivity index (χ2n) is 7.82. The normalized spacial score (nSPS) is 23.0. The van der Waals surface area contributed by atoms with Gasteiger partial charge in [-0.05, 0) is 41.7 Å². The predicted octanol–water partition coefficient (Wildman–Crippen LogP) is 6.51. The molecule has 0 radical (unpaired) electrons. The van der Waals surface area contributed by atoms with Crippen molar-refractivity contribution in [1.82, 2.24) is 0 Å². The fraction of sp³-hybridized carbons (Fsp3) is 0.185. The topological polar surface area (TPSA) is 9.23 Å². The van der Waals surface area contributed by atoms with Gasteiger partial charge >= 0.3 is 0 Å². The Morgan fingerprint density at radius 2 is 1.64 bits per heavy atom. The van der Waals surface area contributed by atoms with E-state index in [1.165, 1.54) is 27.8 Å². The zero-order chi connectivity index (χ0) is 18.9. The van der Waals surface area contributed by atoms with Crippen LogP contribution < -0.4 is 4.74 Å². The van der Waals surface area contributed by atoms with Crippen molar-refractivity contribution in [3.8, 4) is 5.75 Å². The zero-order valence-corrected chi connectivity index (χ0v) is 16.1. The standard InChI is InChI=1S/C27H24O/c1-19-12-15-27-25(16-19)24-17-23(21-10-6-3-7-11-21)22(26(24)18-28-27)14-13-20-8-4-2-5-9-20/h2-17,22-23,26H,18H2,1H3/b14-13+/t22-,23-,26+/m1/s1. The number of rotatable bonds is 3. The molecule has 3 atom stereocenters. The number of benzene rings is 3. The van der Waals surface area contributed by atoms with Crippen LogP contribution in [0.4, 0.5) is 0 Å². The molecule has 5 rings (SSSR count). The Balaban J connectivity index is 1.57. The van der Waals surface area contributed by atoms with Crippen LogP contribution >= 0.6 is 0 Å². The van der Waals surface area contributed by atoms with Gasteiger partial charge in [0.2, 0.25) is 0 Å². The summed E-state index contributed by atoms with van der Waals surface area (Å²) in [7, 11) is 0. The van der Waals surface area contributed by atoms with Crippen molar-refractivity contribution < 1.29 is 4.74 Å². The zero-order valence-electron chi connectivity index (χ0n) is 16.1. The summed E-state index contributed by atoms with van der Waals surface area (Å²) >= 11 is 0. The van der Waals surface area contributed by atoms with Crippen LogP contribution in [0.3, 0.4) is 0 Å². The van der Waals surface area contributed by atoms with Crippen LogP contribution in [0.1, 0.15) is 28.2 Å². The highest BCUT2D eigenvalue weighted by molar-refractivity contribution is 5.78. The molecule has 0 aromatic heterocycles. The first-order chi connectivity index (χ1) is 13.8. The fourth-order valence-electron chi connectivity index (χ4n) is 4.58. The van der Waals surface area contributed by atoms with Gasteiger partial charge in [0.1, 0.15) is 5.75 Å². The Bertz CT molecular complexity index is 1030. The minimum atomic E-state index is 0.372. The summed E-state index contributed by atoms with van der Waals surface area (Å²) < 4.78 is 6.18. The molecule has 0 bridgehead atoms. The molecule has 3 aromatic rings. The molecule has 0 amide bonds. The second-order valence-corrected chi connectivity index (χ2v) is 7.82. The summed E-state index contributed by atoms with van der Waals surface area (Å²) in [6, 6.07) is 28.0. The summed E-state index contributed by atoms with van der Waals surface area (Å²) in [5, 5.41) is 0. The van der Waals surface area contributed by atoms with E-state index in [0.29, 0.717) is 17.8 Å². The first-order valence-electron chi connectivity index (χ1n) is 10.0. The van der Waals surface area contributed by atoms with Crippen LogP contribution in [0.5, 0.6) is 5.75 Å². The largest absolute Gasteiger partial charge is 0.492 e. The van der Waals surface area contributed by atoms with Crippen LogP contribution in [0.2, 0.25) is 0 Å². The van der Waals surface area contributed by atoms with Crippen molar-refractivity contribution >= 4 is 11.6 Å². The van der Waals surface area contributed by atoms with Gasteiger partial charge in [-0.25, -0.2) is 0 Å². The first kappa shape index (κ1) is 17.1. The van der Waals surface area contributed by atoms with Crippen molar-refractivity contribution in [3.63, 3.8) is 0 Å². The first-order valence-corrected chi connectivity index (χ1v) is 10.0. The van der Waals surface area contributed by atoms with Gasteiger partial charge in [-0.3, -0.25) is 0 Å². The Labute approximate surface area is 167 Å². The van der Waals surface area contributed by atoms with Crippen molar-refractivity contribution in [1.29, 1.82) is 0 Å². The highest BCUT2D eigenvalue weighted by Crippen LogP contribution is 2.51. The molecule has 1 heterocycles. The van der Waals surface area contributed by atoms with Crippen molar-refractivity contribution in [2.75, 3.05) is 6.61 Å². The van der Waals surface area contributed by atoms with Gasteiger partial charge in [-0.2, -0.15) is 0 Å². The number of allylic oxidation sites excluding steroid dienone is 2. The Morgan fingerprint density at radius 1 is 0.893 bits per heavy atom. The number of hydrogen-bond acceptors (Lipinski definition) is 1. The highest BCUT2D eigenvalue weighted by atomic mass is 16.5. The molecule has 0 spiro atoms. The van der Waals surface area contributed by atoms with E-state index in [1.807, 2.05) is 0 Å². The van der Waals surface area contributed by atoms with E-state index in [2.05, 4.69) is 104 Å². The average molecular weight is 364 g/mol. The van der Waals surface area contributed by atoms with Crippen LogP contribution in [0.15, 0.2) is 91.0 Å². The maximum Gasteiger partial charge on any atom is 0.126 e. The lowest BCUT2D eigenvalue weighted by molar-refractivity contribution is 0.241. The molecule has 1 heteroatoms. The predicted molar refractivity (Wildman–Crippen MR) is 116 cm³/mol. The van der Waals surface area contributed by atoms with Gasteiger partial charge in [-0.15, -0.1) is 0 Å². The van der Waals surface area contributed by atoms with Crippen molar-refractivity contribution in [2.24, 2.45) is 11.8 Å². The van der Waals surface area contributed by atoms with Gasteiger partial charge in [0.25, 0.3) is 0 Å². The van der Waals surface area contributed by atoms with E-state index in [4.69, 9.17) is 4.74 Å². The van der Waals surface area contributed by atoms with E-state index in [-0.39, 0.29) is 0 Å². The average Bonchev–Trinajstić information content (AvgIpc) is 3.13. The minimum Gasteiger partial charge on any atom is -0.492 e. The molecule has 0 saturated heterocycles. The third-order valence-electron chi connectivity index (χ3n) is 6.00. The number of fused-ring (bicyclic) bond motifs is 3. The van der Waals surface area contributed by atoms with Gasteiger partial charge in [0.15, 0.2) is 0 Å². The van der Waals surface area contributed by atoms with Crippen molar-refractivity contribution in [2.45, 2.75) is 12.8 Å².